The van der Waals surface area contributed by atoms with E-state index in [0.717, 1.165) is 18.0 Å². The van der Waals surface area contributed by atoms with E-state index >= 15 is 0 Å². The molecule has 1 aromatic carbocycles. The molecule has 0 radical (unpaired) electrons. The molecular weight excluding hydrogens is 240 g/mol. The van der Waals surface area contributed by atoms with Gasteiger partial charge in [-0.1, -0.05) is 6.07 Å². The summed E-state index contributed by atoms with van der Waals surface area (Å²) in [7, 11) is 5.54. The maximum atomic E-state index is 5.95. The van der Waals surface area contributed by atoms with Gasteiger partial charge in [0.05, 0.1) is 14.2 Å². The fourth-order valence-electron chi connectivity index (χ4n) is 3.06. The smallest absolute Gasteiger partial charge is 0.127 e. The third kappa shape index (κ3) is 2.85. The largest absolute Gasteiger partial charge is 0.497 e. The van der Waals surface area contributed by atoms with Gasteiger partial charge in [-0.3, -0.25) is 4.90 Å². The lowest BCUT2D eigenvalue weighted by Gasteiger charge is -2.39. The fraction of sp³-hybridized carbons (Fsp3) is 0.600. The Balaban J connectivity index is 2.37. The summed E-state index contributed by atoms with van der Waals surface area (Å²) < 4.78 is 10.8. The molecule has 2 N–H and O–H groups in total. The van der Waals surface area contributed by atoms with Crippen LogP contribution in [-0.4, -0.2) is 39.3 Å². The van der Waals surface area contributed by atoms with Crippen LogP contribution >= 0.6 is 0 Å². The number of hydrogen-bond donors (Lipinski definition) is 1. The second-order valence-electron chi connectivity index (χ2n) is 5.17. The third-order valence-corrected chi connectivity index (χ3v) is 4.07. The first-order valence-electron chi connectivity index (χ1n) is 6.83. The quantitative estimate of drug-likeness (QED) is 0.904. The van der Waals surface area contributed by atoms with Crippen LogP contribution in [0.25, 0.3) is 0 Å². The highest BCUT2D eigenvalue weighted by atomic mass is 16.5. The minimum Gasteiger partial charge on any atom is -0.497 e. The summed E-state index contributed by atoms with van der Waals surface area (Å²) in [5.41, 5.74) is 7.16. The molecule has 1 saturated heterocycles. The SMILES string of the molecule is COc1ccc(C2C(CN)CCCN2C)c(OC)c1. The van der Waals surface area contributed by atoms with Crippen molar-refractivity contribution in [3.63, 3.8) is 0 Å². The first kappa shape index (κ1) is 14.2. The van der Waals surface area contributed by atoms with E-state index in [4.69, 9.17) is 15.2 Å². The maximum absolute atomic E-state index is 5.95. The van der Waals surface area contributed by atoms with Gasteiger partial charge in [0.2, 0.25) is 0 Å². The average Bonchev–Trinajstić information content (AvgIpc) is 2.46. The Bertz CT molecular complexity index is 423. The highest BCUT2D eigenvalue weighted by Crippen LogP contribution is 2.40. The zero-order chi connectivity index (χ0) is 13.8. The van der Waals surface area contributed by atoms with Crippen molar-refractivity contribution >= 4 is 0 Å². The van der Waals surface area contributed by atoms with E-state index in [0.29, 0.717) is 18.5 Å². The van der Waals surface area contributed by atoms with Crippen molar-refractivity contribution in [2.75, 3.05) is 34.4 Å². The number of rotatable bonds is 4. The predicted molar refractivity (Wildman–Crippen MR) is 76.7 cm³/mol. The first-order valence-corrected chi connectivity index (χ1v) is 6.83. The number of ether oxygens (including phenoxy) is 2. The molecule has 0 aliphatic carbocycles. The van der Waals surface area contributed by atoms with Crippen LogP contribution in [0.5, 0.6) is 11.5 Å². The van der Waals surface area contributed by atoms with Crippen LogP contribution in [0.1, 0.15) is 24.4 Å². The van der Waals surface area contributed by atoms with Crippen LogP contribution < -0.4 is 15.2 Å². The second-order valence-corrected chi connectivity index (χ2v) is 5.17. The molecule has 0 bridgehead atoms. The van der Waals surface area contributed by atoms with Gasteiger partial charge >= 0.3 is 0 Å². The standard InChI is InChI=1S/C15H24N2O2/c1-17-8-4-5-11(10-16)15(17)13-7-6-12(18-2)9-14(13)19-3/h6-7,9,11,15H,4-5,8,10,16H2,1-3H3. The number of methoxy groups -OCH3 is 2. The van der Waals surface area contributed by atoms with Gasteiger partial charge in [0.15, 0.2) is 0 Å². The molecule has 2 atom stereocenters. The van der Waals surface area contributed by atoms with Gasteiger partial charge in [-0.05, 0) is 45.0 Å². The Morgan fingerprint density at radius 3 is 2.74 bits per heavy atom. The van der Waals surface area contributed by atoms with Gasteiger partial charge < -0.3 is 15.2 Å². The summed E-state index contributed by atoms with van der Waals surface area (Å²) in [6.45, 7) is 1.82. The lowest BCUT2D eigenvalue weighted by atomic mass is 9.84. The van der Waals surface area contributed by atoms with E-state index in [2.05, 4.69) is 18.0 Å². The van der Waals surface area contributed by atoms with Crippen molar-refractivity contribution in [1.82, 2.24) is 4.90 Å². The highest BCUT2D eigenvalue weighted by molar-refractivity contribution is 5.43. The summed E-state index contributed by atoms with van der Waals surface area (Å²) in [6.07, 6.45) is 2.40. The summed E-state index contributed by atoms with van der Waals surface area (Å²) in [5, 5.41) is 0. The van der Waals surface area contributed by atoms with Crippen molar-refractivity contribution in [1.29, 1.82) is 0 Å². The minimum atomic E-state index is 0.333. The molecule has 1 fully saturated rings. The van der Waals surface area contributed by atoms with E-state index in [1.54, 1.807) is 14.2 Å². The number of hydrogen-bond acceptors (Lipinski definition) is 4. The molecule has 1 heterocycles. The number of nitrogens with two attached hydrogens (primary N) is 1. The van der Waals surface area contributed by atoms with Crippen LogP contribution in [0.3, 0.4) is 0 Å². The van der Waals surface area contributed by atoms with Gasteiger partial charge in [-0.2, -0.15) is 0 Å². The van der Waals surface area contributed by atoms with E-state index in [1.165, 1.54) is 18.4 Å². The molecule has 2 unspecified atom stereocenters. The lowest BCUT2D eigenvalue weighted by Crippen LogP contribution is -2.39. The van der Waals surface area contributed by atoms with E-state index < -0.39 is 0 Å². The third-order valence-electron chi connectivity index (χ3n) is 4.07. The van der Waals surface area contributed by atoms with Crippen LogP contribution in [0.2, 0.25) is 0 Å². The first-order chi connectivity index (χ1) is 9.21. The Morgan fingerprint density at radius 2 is 2.11 bits per heavy atom. The Morgan fingerprint density at radius 1 is 1.32 bits per heavy atom. The monoisotopic (exact) mass is 264 g/mol. The summed E-state index contributed by atoms with van der Waals surface area (Å²) in [6, 6.07) is 6.38. The van der Waals surface area contributed by atoms with Gasteiger partial charge in [-0.15, -0.1) is 0 Å². The Hall–Kier alpha value is -1.26. The van der Waals surface area contributed by atoms with Gasteiger partial charge in [-0.25, -0.2) is 0 Å². The van der Waals surface area contributed by atoms with E-state index in [9.17, 15) is 0 Å². The van der Waals surface area contributed by atoms with Crippen LogP contribution in [0, 0.1) is 5.92 Å². The van der Waals surface area contributed by atoms with Crippen LogP contribution in [-0.2, 0) is 0 Å². The van der Waals surface area contributed by atoms with Gasteiger partial charge in [0, 0.05) is 17.7 Å². The second kappa shape index (κ2) is 6.26. The van der Waals surface area contributed by atoms with Crippen molar-refractivity contribution < 1.29 is 9.47 Å². The number of likely N-dealkylation sites (tertiary alicyclic amines) is 1. The van der Waals surface area contributed by atoms with Crippen molar-refractivity contribution in [2.45, 2.75) is 18.9 Å². The average molecular weight is 264 g/mol. The van der Waals surface area contributed by atoms with E-state index in [-0.39, 0.29) is 0 Å². The zero-order valence-electron chi connectivity index (χ0n) is 12.1. The molecular formula is C15H24N2O2. The van der Waals surface area contributed by atoms with Crippen molar-refractivity contribution in [3.8, 4) is 11.5 Å². The summed E-state index contributed by atoms with van der Waals surface area (Å²) >= 11 is 0. The molecule has 4 nitrogen and oxygen atoms in total. The Labute approximate surface area is 115 Å². The van der Waals surface area contributed by atoms with Gasteiger partial charge in [0.25, 0.3) is 0 Å². The normalized spacial score (nSPS) is 24.2. The van der Waals surface area contributed by atoms with E-state index in [1.807, 2.05) is 12.1 Å². The molecule has 1 aliphatic heterocycles. The zero-order valence-corrected chi connectivity index (χ0v) is 12.1. The lowest BCUT2D eigenvalue weighted by molar-refractivity contribution is 0.122. The number of piperidine rings is 1. The molecule has 106 valence electrons. The molecule has 1 aromatic rings. The molecule has 0 amide bonds. The highest BCUT2D eigenvalue weighted by Gasteiger charge is 2.31. The molecule has 2 rings (SSSR count). The molecule has 0 aromatic heterocycles. The fourth-order valence-corrected chi connectivity index (χ4v) is 3.06. The molecule has 1 aliphatic rings. The number of benzene rings is 1. The topological polar surface area (TPSA) is 47.7 Å². The van der Waals surface area contributed by atoms with Gasteiger partial charge in [0.1, 0.15) is 11.5 Å². The molecule has 19 heavy (non-hydrogen) atoms. The Kier molecular flexibility index (Phi) is 4.66. The summed E-state index contributed by atoms with van der Waals surface area (Å²) in [4.78, 5) is 2.38. The summed E-state index contributed by atoms with van der Waals surface area (Å²) in [5.74, 6) is 2.20. The molecule has 0 saturated carbocycles. The van der Waals surface area contributed by atoms with Crippen molar-refractivity contribution in [3.05, 3.63) is 23.8 Å². The predicted octanol–water partition coefficient (Wildman–Crippen LogP) is 2.05. The maximum Gasteiger partial charge on any atom is 0.127 e. The van der Waals surface area contributed by atoms with Crippen LogP contribution in [0.15, 0.2) is 18.2 Å². The van der Waals surface area contributed by atoms with Crippen molar-refractivity contribution in [2.24, 2.45) is 11.7 Å². The minimum absolute atomic E-state index is 0.333. The molecule has 4 heteroatoms. The number of nitrogens with zero attached hydrogens (tertiary/aromatic N) is 1. The molecule has 0 spiro atoms. The van der Waals surface area contributed by atoms with Crippen LogP contribution in [0.4, 0.5) is 0 Å².